The molecule has 0 aliphatic carbocycles. The van der Waals surface area contributed by atoms with Crippen molar-refractivity contribution in [3.63, 3.8) is 0 Å². The standard InChI is InChI=1S/C12H14N2O4/c1-13-6-2-4-8(10(13)15)11(16)14-7-3-5-9(14)12(17)18/h2,4,6,9H,3,5,7H2,1H3,(H,17,18). The second-order valence-electron chi connectivity index (χ2n) is 4.33. The molecule has 0 radical (unpaired) electrons. The van der Waals surface area contributed by atoms with Crippen molar-refractivity contribution >= 4 is 11.9 Å². The SMILES string of the molecule is Cn1cccc(C(=O)N2CCCC2C(=O)O)c1=O. The molecule has 1 atom stereocenters. The van der Waals surface area contributed by atoms with Crippen molar-refractivity contribution in [2.75, 3.05) is 6.54 Å². The number of carbonyl (C=O) groups is 2. The van der Waals surface area contributed by atoms with Gasteiger partial charge >= 0.3 is 5.97 Å². The molecule has 1 aliphatic rings. The molecule has 1 unspecified atom stereocenters. The van der Waals surface area contributed by atoms with Gasteiger partial charge in [-0.1, -0.05) is 0 Å². The van der Waals surface area contributed by atoms with Gasteiger partial charge in [0.2, 0.25) is 0 Å². The van der Waals surface area contributed by atoms with Gasteiger partial charge in [0.25, 0.3) is 11.5 Å². The number of nitrogens with zero attached hydrogens (tertiary/aromatic N) is 2. The highest BCUT2D eigenvalue weighted by atomic mass is 16.4. The lowest BCUT2D eigenvalue weighted by molar-refractivity contribution is -0.141. The van der Waals surface area contributed by atoms with Crippen LogP contribution in [0.4, 0.5) is 0 Å². The molecule has 1 fully saturated rings. The average Bonchev–Trinajstić information content (AvgIpc) is 2.81. The Balaban J connectivity index is 2.34. The summed E-state index contributed by atoms with van der Waals surface area (Å²) in [4.78, 5) is 36.3. The van der Waals surface area contributed by atoms with E-state index in [-0.39, 0.29) is 5.56 Å². The molecule has 1 N–H and O–H groups in total. The molecule has 0 aromatic carbocycles. The third-order valence-electron chi connectivity index (χ3n) is 3.15. The van der Waals surface area contributed by atoms with E-state index in [2.05, 4.69) is 0 Å². The summed E-state index contributed by atoms with van der Waals surface area (Å²) in [5, 5.41) is 9.03. The lowest BCUT2D eigenvalue weighted by atomic mass is 10.2. The molecule has 0 spiro atoms. The second-order valence-corrected chi connectivity index (χ2v) is 4.33. The summed E-state index contributed by atoms with van der Waals surface area (Å²) >= 11 is 0. The van der Waals surface area contributed by atoms with Gasteiger partial charge in [-0.3, -0.25) is 9.59 Å². The van der Waals surface area contributed by atoms with Crippen molar-refractivity contribution in [1.82, 2.24) is 9.47 Å². The normalized spacial score (nSPS) is 18.9. The smallest absolute Gasteiger partial charge is 0.326 e. The molecule has 1 aromatic rings. The first-order valence-electron chi connectivity index (χ1n) is 5.72. The molecule has 0 bridgehead atoms. The first kappa shape index (κ1) is 12.3. The number of carboxylic acids is 1. The minimum Gasteiger partial charge on any atom is -0.480 e. The molecule has 6 nitrogen and oxygen atoms in total. The Bertz CT molecular complexity index is 549. The van der Waals surface area contributed by atoms with Gasteiger partial charge in [-0.15, -0.1) is 0 Å². The lowest BCUT2D eigenvalue weighted by Gasteiger charge is -2.21. The molecule has 2 heterocycles. The molecule has 6 heteroatoms. The summed E-state index contributed by atoms with van der Waals surface area (Å²) in [7, 11) is 1.55. The maximum Gasteiger partial charge on any atom is 0.326 e. The molecular formula is C12H14N2O4. The zero-order valence-electron chi connectivity index (χ0n) is 10.00. The van der Waals surface area contributed by atoms with Crippen molar-refractivity contribution in [2.24, 2.45) is 7.05 Å². The number of aliphatic carboxylic acids is 1. The van der Waals surface area contributed by atoms with Crippen LogP contribution in [0.3, 0.4) is 0 Å². The van der Waals surface area contributed by atoms with Gasteiger partial charge in [-0.05, 0) is 25.0 Å². The lowest BCUT2D eigenvalue weighted by Crippen LogP contribution is -2.42. The van der Waals surface area contributed by atoms with Gasteiger partial charge < -0.3 is 14.6 Å². The summed E-state index contributed by atoms with van der Waals surface area (Å²) in [6, 6.07) is 2.21. The fraction of sp³-hybridized carbons (Fsp3) is 0.417. The topological polar surface area (TPSA) is 79.6 Å². The van der Waals surface area contributed by atoms with Crippen LogP contribution < -0.4 is 5.56 Å². The first-order valence-corrected chi connectivity index (χ1v) is 5.72. The minimum absolute atomic E-state index is 0.0214. The summed E-state index contributed by atoms with van der Waals surface area (Å²) in [5.74, 6) is -1.52. The van der Waals surface area contributed by atoms with Crippen LogP contribution in [0.1, 0.15) is 23.2 Å². The first-order chi connectivity index (χ1) is 8.52. The largest absolute Gasteiger partial charge is 0.480 e. The zero-order valence-corrected chi connectivity index (χ0v) is 10.00. The number of hydrogen-bond acceptors (Lipinski definition) is 3. The van der Waals surface area contributed by atoms with Crippen molar-refractivity contribution in [1.29, 1.82) is 0 Å². The molecular weight excluding hydrogens is 236 g/mol. The molecule has 96 valence electrons. The Morgan fingerprint density at radius 1 is 1.44 bits per heavy atom. The van der Waals surface area contributed by atoms with Gasteiger partial charge in [0.1, 0.15) is 11.6 Å². The Morgan fingerprint density at radius 3 is 2.83 bits per heavy atom. The molecule has 2 rings (SSSR count). The molecule has 1 aliphatic heterocycles. The second kappa shape index (κ2) is 4.64. The zero-order chi connectivity index (χ0) is 13.3. The van der Waals surface area contributed by atoms with Crippen molar-refractivity contribution in [3.05, 3.63) is 34.2 Å². The number of likely N-dealkylation sites (tertiary alicyclic amines) is 1. The highest BCUT2D eigenvalue weighted by Gasteiger charge is 2.35. The van der Waals surface area contributed by atoms with Crippen LogP contribution in [0.25, 0.3) is 0 Å². The highest BCUT2D eigenvalue weighted by molar-refractivity contribution is 5.96. The number of pyridine rings is 1. The number of aryl methyl sites for hydroxylation is 1. The van der Waals surface area contributed by atoms with Crippen molar-refractivity contribution < 1.29 is 14.7 Å². The van der Waals surface area contributed by atoms with Crippen LogP contribution in [0.2, 0.25) is 0 Å². The number of carboxylic acid groups (broad SMARTS) is 1. The number of aromatic nitrogens is 1. The van der Waals surface area contributed by atoms with E-state index in [1.54, 1.807) is 19.3 Å². The predicted molar refractivity (Wildman–Crippen MR) is 63.4 cm³/mol. The van der Waals surface area contributed by atoms with E-state index in [9.17, 15) is 14.4 Å². The summed E-state index contributed by atoms with van der Waals surface area (Å²) < 4.78 is 1.30. The quantitative estimate of drug-likeness (QED) is 0.805. The van der Waals surface area contributed by atoms with Gasteiger partial charge in [0.15, 0.2) is 0 Å². The van der Waals surface area contributed by atoms with Gasteiger partial charge in [0.05, 0.1) is 0 Å². The van der Waals surface area contributed by atoms with E-state index < -0.39 is 23.5 Å². The average molecular weight is 250 g/mol. The van der Waals surface area contributed by atoms with E-state index in [1.807, 2.05) is 0 Å². The number of rotatable bonds is 2. The fourth-order valence-electron chi connectivity index (χ4n) is 2.18. The van der Waals surface area contributed by atoms with E-state index in [0.717, 1.165) is 0 Å². The monoisotopic (exact) mass is 250 g/mol. The van der Waals surface area contributed by atoms with Crippen LogP contribution in [0.15, 0.2) is 23.1 Å². The number of carbonyl (C=O) groups excluding carboxylic acids is 1. The Hall–Kier alpha value is -2.11. The molecule has 1 saturated heterocycles. The van der Waals surface area contributed by atoms with Crippen molar-refractivity contribution in [3.8, 4) is 0 Å². The van der Waals surface area contributed by atoms with Crippen LogP contribution in [-0.4, -0.2) is 39.0 Å². The van der Waals surface area contributed by atoms with Crippen LogP contribution >= 0.6 is 0 Å². The van der Waals surface area contributed by atoms with Gasteiger partial charge in [0, 0.05) is 19.8 Å². The maximum atomic E-state index is 12.2. The third kappa shape index (κ3) is 2.01. The van der Waals surface area contributed by atoms with Gasteiger partial charge in [-0.2, -0.15) is 0 Å². The Morgan fingerprint density at radius 2 is 2.17 bits per heavy atom. The van der Waals surface area contributed by atoms with Crippen molar-refractivity contribution in [2.45, 2.75) is 18.9 Å². The molecule has 1 aromatic heterocycles. The molecule has 1 amide bonds. The molecule has 18 heavy (non-hydrogen) atoms. The Kier molecular flexibility index (Phi) is 3.18. The third-order valence-corrected chi connectivity index (χ3v) is 3.15. The number of hydrogen-bond donors (Lipinski definition) is 1. The molecule has 0 saturated carbocycles. The number of amides is 1. The van der Waals surface area contributed by atoms with Crippen LogP contribution in [0.5, 0.6) is 0 Å². The summed E-state index contributed by atoms with van der Waals surface area (Å²) in [6.07, 6.45) is 2.64. The summed E-state index contributed by atoms with van der Waals surface area (Å²) in [6.45, 7) is 0.383. The van der Waals surface area contributed by atoms with E-state index >= 15 is 0 Å². The minimum atomic E-state index is -1.02. The van der Waals surface area contributed by atoms with E-state index in [1.165, 1.54) is 15.5 Å². The van der Waals surface area contributed by atoms with Crippen LogP contribution in [0, 0.1) is 0 Å². The summed E-state index contributed by atoms with van der Waals surface area (Å²) in [5.41, 5.74) is -0.383. The Labute approximate surface area is 103 Å². The fourth-order valence-corrected chi connectivity index (χ4v) is 2.18. The predicted octanol–water partition coefficient (Wildman–Crippen LogP) is 0.0745. The van der Waals surface area contributed by atoms with E-state index in [4.69, 9.17) is 5.11 Å². The van der Waals surface area contributed by atoms with E-state index in [0.29, 0.717) is 19.4 Å². The van der Waals surface area contributed by atoms with Gasteiger partial charge in [-0.25, -0.2) is 4.79 Å². The maximum absolute atomic E-state index is 12.2. The van der Waals surface area contributed by atoms with Crippen LogP contribution in [-0.2, 0) is 11.8 Å². The highest BCUT2D eigenvalue weighted by Crippen LogP contribution is 2.19.